The number of hydrogen-bond acceptors (Lipinski definition) is 3. The zero-order valence-corrected chi connectivity index (χ0v) is 9.74. The van der Waals surface area contributed by atoms with Gasteiger partial charge in [-0.1, -0.05) is 6.92 Å². The maximum absolute atomic E-state index is 9.03. The lowest BCUT2D eigenvalue weighted by molar-refractivity contribution is 0.151. The van der Waals surface area contributed by atoms with E-state index in [9.17, 15) is 0 Å². The average Bonchev–Trinajstić information content (AvgIpc) is 2.29. The minimum absolute atomic E-state index is 0.309. The first-order valence-corrected chi connectivity index (χ1v) is 5.74. The number of likely N-dealkylation sites (N-methyl/N-ethyl adjacent to an activating group) is 2. The van der Waals surface area contributed by atoms with E-state index in [4.69, 9.17) is 5.11 Å². The Kier molecular flexibility index (Phi) is 4.85. The van der Waals surface area contributed by atoms with E-state index >= 15 is 0 Å². The number of nitrogens with zero attached hydrogens (tertiary/aromatic N) is 2. The van der Waals surface area contributed by atoms with Crippen molar-refractivity contribution in [3.8, 4) is 0 Å². The number of aliphatic hydroxyl groups is 1. The fraction of sp³-hybridized carbons (Fsp3) is 1.00. The Bertz CT molecular complexity index is 163. The number of aliphatic hydroxyl groups excluding tert-OH is 1. The van der Waals surface area contributed by atoms with Gasteiger partial charge in [-0.05, 0) is 39.9 Å². The molecule has 0 aromatic rings. The smallest absolute Gasteiger partial charge is 0.0446 e. The lowest BCUT2D eigenvalue weighted by atomic mass is 10.2. The van der Waals surface area contributed by atoms with Crippen molar-refractivity contribution in [2.45, 2.75) is 38.8 Å². The predicted octanol–water partition coefficient (Wildman–Crippen LogP) is 0.783. The summed E-state index contributed by atoms with van der Waals surface area (Å²) in [5.41, 5.74) is 0. The highest BCUT2D eigenvalue weighted by Crippen LogP contribution is 2.15. The molecule has 84 valence electrons. The Labute approximate surface area is 87.7 Å². The molecule has 1 aliphatic heterocycles. The van der Waals surface area contributed by atoms with Crippen LogP contribution in [0.4, 0.5) is 0 Å². The standard InChI is InChI=1S/C11H24N2O/c1-4-13-7-5-10(2)12(3)9-11(13)6-8-14/h10-11,14H,4-9H2,1-3H3. The molecule has 0 radical (unpaired) electrons. The second-order valence-corrected chi connectivity index (χ2v) is 4.37. The van der Waals surface area contributed by atoms with Crippen LogP contribution in [0.1, 0.15) is 26.7 Å². The minimum atomic E-state index is 0.309. The summed E-state index contributed by atoms with van der Waals surface area (Å²) in [4.78, 5) is 4.91. The van der Waals surface area contributed by atoms with Crippen LogP contribution in [0.5, 0.6) is 0 Å². The van der Waals surface area contributed by atoms with Crippen LogP contribution in [-0.4, -0.2) is 60.3 Å². The summed E-state index contributed by atoms with van der Waals surface area (Å²) in [7, 11) is 2.19. The monoisotopic (exact) mass is 200 g/mol. The normalized spacial score (nSPS) is 31.7. The first-order valence-electron chi connectivity index (χ1n) is 5.74. The molecule has 0 saturated carbocycles. The van der Waals surface area contributed by atoms with Gasteiger partial charge in [-0.25, -0.2) is 0 Å². The molecule has 1 fully saturated rings. The molecule has 3 heteroatoms. The molecule has 2 atom stereocenters. The van der Waals surface area contributed by atoms with E-state index in [0.717, 1.165) is 19.5 Å². The lowest BCUT2D eigenvalue weighted by Gasteiger charge is -2.29. The Morgan fingerprint density at radius 2 is 2.14 bits per heavy atom. The van der Waals surface area contributed by atoms with Crippen molar-refractivity contribution in [2.24, 2.45) is 0 Å². The van der Waals surface area contributed by atoms with Crippen molar-refractivity contribution >= 4 is 0 Å². The maximum Gasteiger partial charge on any atom is 0.0446 e. The molecular weight excluding hydrogens is 176 g/mol. The summed E-state index contributed by atoms with van der Waals surface area (Å²) < 4.78 is 0. The molecule has 1 saturated heterocycles. The Balaban J connectivity index is 2.58. The zero-order valence-electron chi connectivity index (χ0n) is 9.74. The fourth-order valence-electron chi connectivity index (χ4n) is 2.22. The summed E-state index contributed by atoms with van der Waals surface area (Å²) >= 11 is 0. The number of hydrogen-bond donors (Lipinski definition) is 1. The molecule has 14 heavy (non-hydrogen) atoms. The van der Waals surface area contributed by atoms with Crippen molar-refractivity contribution in [1.29, 1.82) is 0 Å². The highest BCUT2D eigenvalue weighted by Gasteiger charge is 2.24. The molecule has 1 rings (SSSR count). The van der Waals surface area contributed by atoms with Crippen LogP contribution in [0.2, 0.25) is 0 Å². The van der Waals surface area contributed by atoms with E-state index in [1.165, 1.54) is 13.0 Å². The van der Waals surface area contributed by atoms with Gasteiger partial charge in [0.25, 0.3) is 0 Å². The molecule has 1 N–H and O–H groups in total. The van der Waals surface area contributed by atoms with E-state index in [2.05, 4.69) is 30.7 Å². The first-order chi connectivity index (χ1) is 6.69. The molecule has 3 nitrogen and oxygen atoms in total. The van der Waals surface area contributed by atoms with Crippen LogP contribution in [0.15, 0.2) is 0 Å². The maximum atomic E-state index is 9.03. The second kappa shape index (κ2) is 5.69. The van der Waals surface area contributed by atoms with Gasteiger partial charge in [-0.15, -0.1) is 0 Å². The average molecular weight is 200 g/mol. The molecule has 0 aliphatic carbocycles. The van der Waals surface area contributed by atoms with Gasteiger partial charge in [-0.3, -0.25) is 4.90 Å². The van der Waals surface area contributed by atoms with Gasteiger partial charge >= 0.3 is 0 Å². The van der Waals surface area contributed by atoms with Crippen LogP contribution in [0.3, 0.4) is 0 Å². The molecule has 0 bridgehead atoms. The van der Waals surface area contributed by atoms with Crippen molar-refractivity contribution < 1.29 is 5.11 Å². The molecule has 0 aromatic carbocycles. The lowest BCUT2D eigenvalue weighted by Crippen LogP contribution is -2.41. The Hall–Kier alpha value is -0.120. The second-order valence-electron chi connectivity index (χ2n) is 4.37. The highest BCUT2D eigenvalue weighted by atomic mass is 16.3. The van der Waals surface area contributed by atoms with E-state index < -0.39 is 0 Å². The van der Waals surface area contributed by atoms with Gasteiger partial charge in [0, 0.05) is 25.2 Å². The predicted molar refractivity (Wildman–Crippen MR) is 59.4 cm³/mol. The highest BCUT2D eigenvalue weighted by molar-refractivity contribution is 4.81. The van der Waals surface area contributed by atoms with E-state index in [1.54, 1.807) is 0 Å². The van der Waals surface area contributed by atoms with Gasteiger partial charge in [0.1, 0.15) is 0 Å². The van der Waals surface area contributed by atoms with Crippen molar-refractivity contribution in [1.82, 2.24) is 9.80 Å². The quantitative estimate of drug-likeness (QED) is 0.729. The molecule has 1 heterocycles. The van der Waals surface area contributed by atoms with Gasteiger partial charge in [0.05, 0.1) is 0 Å². The molecule has 1 aliphatic rings. The largest absolute Gasteiger partial charge is 0.396 e. The molecule has 0 spiro atoms. The SMILES string of the molecule is CCN1CCC(C)N(C)CC1CCO. The summed E-state index contributed by atoms with van der Waals surface area (Å²) in [5.74, 6) is 0. The van der Waals surface area contributed by atoms with Gasteiger partial charge in [0.15, 0.2) is 0 Å². The van der Waals surface area contributed by atoms with Crippen molar-refractivity contribution in [3.05, 3.63) is 0 Å². The van der Waals surface area contributed by atoms with E-state index in [1.807, 2.05) is 0 Å². The van der Waals surface area contributed by atoms with Crippen LogP contribution in [0, 0.1) is 0 Å². The number of rotatable bonds is 3. The van der Waals surface area contributed by atoms with E-state index in [0.29, 0.717) is 18.7 Å². The fourth-order valence-corrected chi connectivity index (χ4v) is 2.22. The Morgan fingerprint density at radius 1 is 1.43 bits per heavy atom. The minimum Gasteiger partial charge on any atom is -0.396 e. The third-order valence-electron chi connectivity index (χ3n) is 3.47. The summed E-state index contributed by atoms with van der Waals surface area (Å²) in [6, 6.07) is 1.22. The van der Waals surface area contributed by atoms with Gasteiger partial charge < -0.3 is 10.0 Å². The molecule has 0 aromatic heterocycles. The summed E-state index contributed by atoms with van der Waals surface area (Å²) in [5, 5.41) is 9.03. The van der Waals surface area contributed by atoms with Gasteiger partial charge in [0.2, 0.25) is 0 Å². The summed E-state index contributed by atoms with van der Waals surface area (Å²) in [6.45, 7) is 8.17. The molecule has 0 amide bonds. The van der Waals surface area contributed by atoms with Crippen molar-refractivity contribution in [3.63, 3.8) is 0 Å². The third kappa shape index (κ3) is 2.94. The summed E-state index contributed by atoms with van der Waals surface area (Å²) in [6.07, 6.45) is 2.15. The van der Waals surface area contributed by atoms with E-state index in [-0.39, 0.29) is 0 Å². The van der Waals surface area contributed by atoms with Crippen LogP contribution in [-0.2, 0) is 0 Å². The van der Waals surface area contributed by atoms with Gasteiger partial charge in [-0.2, -0.15) is 0 Å². The van der Waals surface area contributed by atoms with Crippen molar-refractivity contribution in [2.75, 3.05) is 33.3 Å². The third-order valence-corrected chi connectivity index (χ3v) is 3.47. The Morgan fingerprint density at radius 3 is 2.71 bits per heavy atom. The van der Waals surface area contributed by atoms with Crippen LogP contribution >= 0.6 is 0 Å². The first kappa shape index (κ1) is 12.0. The topological polar surface area (TPSA) is 26.7 Å². The van der Waals surface area contributed by atoms with Crippen LogP contribution < -0.4 is 0 Å². The molecule has 2 unspecified atom stereocenters. The van der Waals surface area contributed by atoms with Crippen LogP contribution in [0.25, 0.3) is 0 Å². The molecular formula is C11H24N2O. The zero-order chi connectivity index (χ0) is 10.6.